The van der Waals surface area contributed by atoms with Crippen LogP contribution in [0, 0.1) is 0 Å². The molecule has 0 atom stereocenters. The topological polar surface area (TPSA) is 108 Å². The molecule has 1 aliphatic rings. The molecule has 0 aliphatic carbocycles. The lowest BCUT2D eigenvalue weighted by Crippen LogP contribution is -2.44. The quantitative estimate of drug-likeness (QED) is 0.296. The second-order valence-corrected chi connectivity index (χ2v) is 20.2. The molecule has 0 fully saturated rings. The van der Waals surface area contributed by atoms with Gasteiger partial charge in [0, 0.05) is 14.6 Å². The first-order chi connectivity index (χ1) is 18.9. The molecule has 1 amide bonds. The Bertz CT molecular complexity index is 1390. The van der Waals surface area contributed by atoms with Crippen LogP contribution in [0.25, 0.3) is 6.08 Å². The third-order valence-electron chi connectivity index (χ3n) is 6.05. The molecular formula is C30H43N3O6SSi. The zero-order valence-electron chi connectivity index (χ0n) is 25.3. The highest BCUT2D eigenvalue weighted by molar-refractivity contribution is 7.91. The third-order valence-corrected chi connectivity index (χ3v) is 9.50. The lowest BCUT2D eigenvalue weighted by atomic mass is 10.0. The number of aliphatic hydroxyl groups is 1. The summed E-state index contributed by atoms with van der Waals surface area (Å²) >= 11 is 0. The van der Waals surface area contributed by atoms with E-state index in [2.05, 4.69) is 25.0 Å². The highest BCUT2D eigenvalue weighted by Crippen LogP contribution is 2.38. The van der Waals surface area contributed by atoms with E-state index in [9.17, 15) is 18.3 Å². The molecule has 0 bridgehead atoms. The molecule has 2 N–H and O–H groups in total. The van der Waals surface area contributed by atoms with E-state index in [0.29, 0.717) is 11.8 Å². The molecule has 0 saturated heterocycles. The van der Waals surface area contributed by atoms with Gasteiger partial charge >= 0.3 is 16.3 Å². The maximum atomic E-state index is 13.5. The number of nitrogens with one attached hydrogen (secondary N) is 1. The first-order valence-corrected chi connectivity index (χ1v) is 18.7. The summed E-state index contributed by atoms with van der Waals surface area (Å²) < 4.78 is 40.7. The fourth-order valence-corrected chi connectivity index (χ4v) is 6.40. The predicted molar refractivity (Wildman–Crippen MR) is 167 cm³/mol. The van der Waals surface area contributed by atoms with E-state index >= 15 is 0 Å². The monoisotopic (exact) mass is 601 g/mol. The maximum Gasteiger partial charge on any atom is 0.408 e. The molecule has 224 valence electrons. The van der Waals surface area contributed by atoms with Crippen molar-refractivity contribution in [1.82, 2.24) is 9.62 Å². The van der Waals surface area contributed by atoms with Crippen molar-refractivity contribution >= 4 is 36.1 Å². The number of anilines is 1. The molecule has 0 spiro atoms. The van der Waals surface area contributed by atoms with Gasteiger partial charge in [-0.2, -0.15) is 8.42 Å². The van der Waals surface area contributed by atoms with Gasteiger partial charge in [-0.1, -0.05) is 68.2 Å². The van der Waals surface area contributed by atoms with Crippen molar-refractivity contribution in [3.63, 3.8) is 0 Å². The number of hydrogen-bond donors (Lipinski definition) is 2. The van der Waals surface area contributed by atoms with Crippen molar-refractivity contribution in [3.05, 3.63) is 77.8 Å². The van der Waals surface area contributed by atoms with Crippen molar-refractivity contribution in [2.75, 3.05) is 10.8 Å². The molecule has 2 aromatic carbocycles. The van der Waals surface area contributed by atoms with E-state index < -0.39 is 35.5 Å². The van der Waals surface area contributed by atoms with Gasteiger partial charge in [0.1, 0.15) is 23.6 Å². The average molecular weight is 602 g/mol. The Hall–Kier alpha value is -3.44. The Labute approximate surface area is 245 Å². The van der Waals surface area contributed by atoms with Crippen molar-refractivity contribution in [2.24, 2.45) is 0 Å². The van der Waals surface area contributed by atoms with Crippen LogP contribution in [-0.2, 0) is 21.6 Å². The fraction of sp³-hybridized carbons (Fsp3) is 0.433. The third kappa shape index (κ3) is 9.29. The number of alkyl carbamates (subject to hydrolysis) is 1. The van der Waals surface area contributed by atoms with Crippen LogP contribution in [0.5, 0.6) is 5.75 Å². The second-order valence-electron chi connectivity index (χ2n) is 12.9. The molecule has 3 rings (SSSR count). The number of nitrogens with zero attached hydrogens (tertiary/aromatic N) is 2. The molecule has 2 aromatic rings. The van der Waals surface area contributed by atoms with Gasteiger partial charge in [0.25, 0.3) is 0 Å². The second kappa shape index (κ2) is 12.2. The largest absolute Gasteiger partial charge is 0.493 e. The number of hydrogen-bond acceptors (Lipinski definition) is 6. The van der Waals surface area contributed by atoms with Crippen LogP contribution in [0.15, 0.2) is 66.7 Å². The summed E-state index contributed by atoms with van der Waals surface area (Å²) in [7, 11) is -5.61. The standard InChI is InChI=1S/C30H43N3O6SSi/c1-29(2,3)39-28(35)31-30(4,5)17-16-23-14-15-25(26(20-23)38-22-24-12-10-9-11-13-24)33-21-27(34)32(40(33,36)37)18-19-41(6,7)8/h9-17,20-21,34H,18-19,22H2,1-8H3,(H,31,35). The number of aliphatic hydroxyl groups excluding tert-OH is 1. The molecule has 1 aliphatic heterocycles. The van der Waals surface area contributed by atoms with Gasteiger partial charge in [0.05, 0.1) is 11.7 Å². The molecular weight excluding hydrogens is 558 g/mol. The minimum Gasteiger partial charge on any atom is -0.493 e. The Morgan fingerprint density at radius 2 is 1.71 bits per heavy atom. The van der Waals surface area contributed by atoms with E-state index in [1.54, 1.807) is 39.0 Å². The summed E-state index contributed by atoms with van der Waals surface area (Å²) in [5.74, 6) is 0.00443. The highest BCUT2D eigenvalue weighted by atomic mass is 32.2. The lowest BCUT2D eigenvalue weighted by Gasteiger charge is -2.26. The molecule has 1 heterocycles. The summed E-state index contributed by atoms with van der Waals surface area (Å²) in [5.41, 5.74) is 0.591. The number of carbonyl (C=O) groups is 1. The van der Waals surface area contributed by atoms with Crippen molar-refractivity contribution < 1.29 is 27.8 Å². The van der Waals surface area contributed by atoms with E-state index in [4.69, 9.17) is 9.47 Å². The van der Waals surface area contributed by atoms with Crippen molar-refractivity contribution in [2.45, 2.75) is 78.1 Å². The smallest absolute Gasteiger partial charge is 0.408 e. The zero-order chi connectivity index (χ0) is 30.6. The summed E-state index contributed by atoms with van der Waals surface area (Å²) in [4.78, 5) is 12.3. The van der Waals surface area contributed by atoms with Crippen LogP contribution in [0.4, 0.5) is 10.5 Å². The average Bonchev–Trinajstić information content (AvgIpc) is 3.06. The van der Waals surface area contributed by atoms with Gasteiger partial charge in [-0.25, -0.2) is 13.4 Å². The van der Waals surface area contributed by atoms with Crippen molar-refractivity contribution in [3.8, 4) is 5.75 Å². The summed E-state index contributed by atoms with van der Waals surface area (Å²) in [5, 5.41) is 13.4. The molecule has 11 heteroatoms. The Balaban J connectivity index is 1.91. The lowest BCUT2D eigenvalue weighted by molar-refractivity contribution is 0.0491. The Kier molecular flexibility index (Phi) is 9.54. The Morgan fingerprint density at radius 1 is 1.05 bits per heavy atom. The Morgan fingerprint density at radius 3 is 2.32 bits per heavy atom. The SMILES string of the molecule is CC(C)(C=Cc1ccc(N2C=C(O)N(CC[Si](C)(C)C)S2(=O)=O)c(OCc2ccccc2)c1)NC(=O)OC(C)(C)C. The van der Waals surface area contributed by atoms with Gasteiger partial charge in [0.15, 0.2) is 0 Å². The highest BCUT2D eigenvalue weighted by Gasteiger charge is 2.39. The van der Waals surface area contributed by atoms with Gasteiger partial charge < -0.3 is 19.9 Å². The maximum absolute atomic E-state index is 13.5. The summed E-state index contributed by atoms with van der Waals surface area (Å²) in [6, 6.07) is 15.4. The summed E-state index contributed by atoms with van der Waals surface area (Å²) in [6.07, 6.45) is 4.33. The first kappa shape index (κ1) is 32.1. The van der Waals surface area contributed by atoms with E-state index in [1.807, 2.05) is 56.3 Å². The van der Waals surface area contributed by atoms with Crippen LogP contribution in [-0.4, -0.2) is 49.7 Å². The minimum atomic E-state index is -4.05. The van der Waals surface area contributed by atoms with Gasteiger partial charge in [-0.15, -0.1) is 0 Å². The van der Waals surface area contributed by atoms with E-state index in [-0.39, 0.29) is 24.7 Å². The minimum absolute atomic E-state index is 0.206. The molecule has 9 nitrogen and oxygen atoms in total. The number of rotatable bonds is 10. The normalized spacial score (nSPS) is 15.7. The van der Waals surface area contributed by atoms with E-state index in [0.717, 1.165) is 19.7 Å². The zero-order valence-corrected chi connectivity index (χ0v) is 27.1. The predicted octanol–water partition coefficient (Wildman–Crippen LogP) is 6.64. The fourth-order valence-electron chi connectivity index (χ4n) is 3.90. The molecule has 41 heavy (non-hydrogen) atoms. The van der Waals surface area contributed by atoms with Crippen LogP contribution in [0.1, 0.15) is 45.7 Å². The number of carbonyl (C=O) groups excluding carboxylic acids is 1. The van der Waals surface area contributed by atoms with Crippen LogP contribution < -0.4 is 14.4 Å². The number of ether oxygens (including phenoxy) is 2. The van der Waals surface area contributed by atoms with Crippen LogP contribution >= 0.6 is 0 Å². The number of benzene rings is 2. The molecule has 0 unspecified atom stereocenters. The van der Waals surface area contributed by atoms with Gasteiger partial charge in [0.2, 0.25) is 5.88 Å². The van der Waals surface area contributed by atoms with Gasteiger partial charge in [-0.05, 0) is 63.9 Å². The molecule has 0 radical (unpaired) electrons. The first-order valence-electron chi connectivity index (χ1n) is 13.6. The van der Waals surface area contributed by atoms with Crippen LogP contribution in [0.3, 0.4) is 0 Å². The molecule has 0 saturated carbocycles. The summed E-state index contributed by atoms with van der Waals surface area (Å²) in [6.45, 7) is 16.0. The van der Waals surface area contributed by atoms with E-state index in [1.165, 1.54) is 6.20 Å². The van der Waals surface area contributed by atoms with Crippen molar-refractivity contribution in [1.29, 1.82) is 0 Å². The molecule has 0 aromatic heterocycles. The number of amides is 1. The van der Waals surface area contributed by atoms with Crippen LogP contribution in [0.2, 0.25) is 25.7 Å². The van der Waals surface area contributed by atoms with Gasteiger partial charge in [-0.3, -0.25) is 0 Å².